The molecular formula is H12Al4Cl4O12Zr-2. The zero-order valence-corrected chi connectivity index (χ0v) is 19.8. The first kappa shape index (κ1) is 1020. The SMILES string of the molecule is [Al+3].[Al+3].[Al+3].[Al+3].[Cl-].[Cl-].[Cl-].[Cl-].[OH-].[OH-].[OH-].[OH-].[OH-].[OH-].[OH-].[OH-].[OH-].[OH-].[OH-].[OH-].[Zr+2]. The van der Waals surface area contributed by atoms with Crippen molar-refractivity contribution in [1.82, 2.24) is 0 Å². The van der Waals surface area contributed by atoms with Gasteiger partial charge in [-0.3, -0.25) is 0 Å². The van der Waals surface area contributed by atoms with E-state index in [0.717, 1.165) is 0 Å². The molecule has 21 heteroatoms. The van der Waals surface area contributed by atoms with Gasteiger partial charge in [0.2, 0.25) is 0 Å². The minimum Gasteiger partial charge on any atom is -1.00 e. The summed E-state index contributed by atoms with van der Waals surface area (Å²) in [5.74, 6) is 0. The standard InChI is InChI=1S/4Al.4ClH.12H2O.Zr/h;;;;4*1H;12*1H2;/q4*+3;;;;;;;;;;;;;;;;;+2/p-16. The van der Waals surface area contributed by atoms with Crippen molar-refractivity contribution in [3.63, 3.8) is 0 Å². The maximum Gasteiger partial charge on any atom is 3.00 e. The summed E-state index contributed by atoms with van der Waals surface area (Å²) < 4.78 is 0. The van der Waals surface area contributed by atoms with Crippen LogP contribution >= 0.6 is 0 Å². The van der Waals surface area contributed by atoms with Crippen LogP contribution < -0.4 is 49.6 Å². The van der Waals surface area contributed by atoms with Crippen molar-refractivity contribution < 1.29 is 142 Å². The molecule has 0 saturated carbocycles. The molecule has 0 amide bonds. The molecule has 0 fully saturated rings. The van der Waals surface area contributed by atoms with Crippen LogP contribution in [0.4, 0.5) is 0 Å². The molecule has 0 aliphatic carbocycles. The fourth-order valence-electron chi connectivity index (χ4n) is 0. The minimum atomic E-state index is 0. The van der Waals surface area contributed by atoms with E-state index in [1.54, 1.807) is 0 Å². The zero-order valence-electron chi connectivity index (χ0n) is 9.69. The molecule has 0 rings (SSSR count). The Kier molecular flexibility index (Phi) is 43300. The third-order valence-electron chi connectivity index (χ3n) is 0. The van der Waals surface area contributed by atoms with Crippen LogP contribution in [0.25, 0.3) is 0 Å². The molecule has 0 aromatic rings. The molecule has 12 N–H and O–H groups in total. The van der Waals surface area contributed by atoms with Crippen LogP contribution in [0.2, 0.25) is 0 Å². The second-order valence-corrected chi connectivity index (χ2v) is 0. The Morgan fingerprint density at radius 2 is 0.190 bits per heavy atom. The largest absolute Gasteiger partial charge is 3.00 e. The first-order valence-electron chi connectivity index (χ1n) is 0. The summed E-state index contributed by atoms with van der Waals surface area (Å²) in [5, 5.41) is 0. The molecule has 0 radical (unpaired) electrons. The van der Waals surface area contributed by atoms with Gasteiger partial charge in [-0.1, -0.05) is 0 Å². The van der Waals surface area contributed by atoms with Gasteiger partial charge in [0.25, 0.3) is 0 Å². The van der Waals surface area contributed by atoms with E-state index in [1.807, 2.05) is 0 Å². The molecule has 0 heterocycles. The monoisotopic (exact) mass is 542 g/mol. The van der Waals surface area contributed by atoms with Crippen molar-refractivity contribution in [2.75, 3.05) is 0 Å². The van der Waals surface area contributed by atoms with Crippen molar-refractivity contribution in [3.8, 4) is 0 Å². The minimum absolute atomic E-state index is 0. The van der Waals surface area contributed by atoms with E-state index in [-0.39, 0.29) is 211 Å². The average molecular weight is 545 g/mol. The number of halogens is 4. The topological polar surface area (TPSA) is 360 Å². The first-order chi connectivity index (χ1) is 0. The molecule has 0 bridgehead atoms. The number of hydrogen-bond donors (Lipinski definition) is 0. The van der Waals surface area contributed by atoms with Gasteiger partial charge in [-0.05, 0) is 0 Å². The molecule has 21 heavy (non-hydrogen) atoms. The fourth-order valence-corrected chi connectivity index (χ4v) is 0. The van der Waals surface area contributed by atoms with E-state index in [2.05, 4.69) is 0 Å². The molecule has 130 valence electrons. The number of rotatable bonds is 0. The van der Waals surface area contributed by atoms with Crippen molar-refractivity contribution in [3.05, 3.63) is 0 Å². The van der Waals surface area contributed by atoms with Gasteiger partial charge in [-0.15, -0.1) is 0 Å². The van der Waals surface area contributed by atoms with Crippen LogP contribution in [0.3, 0.4) is 0 Å². The maximum atomic E-state index is 0. The second-order valence-electron chi connectivity index (χ2n) is 0. The summed E-state index contributed by atoms with van der Waals surface area (Å²) in [4.78, 5) is 0. The van der Waals surface area contributed by atoms with Crippen LogP contribution in [-0.2, 0) is 26.2 Å². The summed E-state index contributed by atoms with van der Waals surface area (Å²) >= 11 is 0. The van der Waals surface area contributed by atoms with Gasteiger partial charge in [0.05, 0.1) is 0 Å². The molecule has 0 atom stereocenters. The third-order valence-corrected chi connectivity index (χ3v) is 0. The van der Waals surface area contributed by atoms with Crippen molar-refractivity contribution in [2.45, 2.75) is 0 Å². The van der Waals surface area contributed by atoms with E-state index in [0.29, 0.717) is 0 Å². The normalized spacial score (nSPS) is 0. The Balaban J connectivity index is 0. The van der Waals surface area contributed by atoms with Crippen LogP contribution in [0.5, 0.6) is 0 Å². The molecule has 0 aromatic heterocycles. The Hall–Kier alpha value is 3.69. The third kappa shape index (κ3) is 818. The summed E-state index contributed by atoms with van der Waals surface area (Å²) in [6.07, 6.45) is 0. The molecular weight excluding hydrogens is 533 g/mol. The van der Waals surface area contributed by atoms with E-state index in [9.17, 15) is 0 Å². The Morgan fingerprint density at radius 1 is 0.190 bits per heavy atom. The van der Waals surface area contributed by atoms with Gasteiger partial charge in [0.1, 0.15) is 0 Å². The fraction of sp³-hybridized carbons (Fsp3) is 0. The van der Waals surface area contributed by atoms with E-state index in [4.69, 9.17) is 0 Å². The zero-order chi connectivity index (χ0) is 0. The van der Waals surface area contributed by atoms with Crippen molar-refractivity contribution in [2.24, 2.45) is 0 Å². The average Bonchev–Trinajstić information content (AvgIpc) is 0. The molecule has 0 spiro atoms. The van der Waals surface area contributed by atoms with Crippen LogP contribution in [-0.4, -0.2) is 135 Å². The Labute approximate surface area is 208 Å². The predicted octanol–water partition coefficient (Wildman–Crippen LogP) is -15.6. The summed E-state index contributed by atoms with van der Waals surface area (Å²) in [6, 6.07) is 0. The molecule has 0 aromatic carbocycles. The summed E-state index contributed by atoms with van der Waals surface area (Å²) in [6.45, 7) is 0. The van der Waals surface area contributed by atoms with Crippen LogP contribution in [0.15, 0.2) is 0 Å². The molecule has 0 aliphatic rings. The van der Waals surface area contributed by atoms with Crippen molar-refractivity contribution in [1.29, 1.82) is 0 Å². The summed E-state index contributed by atoms with van der Waals surface area (Å²) in [5.41, 5.74) is 0. The number of hydrogen-bond acceptors (Lipinski definition) is 12. The second kappa shape index (κ2) is 895. The molecule has 12 nitrogen and oxygen atoms in total. The van der Waals surface area contributed by atoms with Gasteiger partial charge in [0, 0.05) is 0 Å². The smallest absolute Gasteiger partial charge is 1.00 e. The quantitative estimate of drug-likeness (QED) is 0.256. The van der Waals surface area contributed by atoms with Gasteiger partial charge >= 0.3 is 95.6 Å². The predicted molar refractivity (Wildman–Crippen MR) is 46.2 cm³/mol. The van der Waals surface area contributed by atoms with Gasteiger partial charge < -0.3 is 115 Å². The Morgan fingerprint density at radius 3 is 0.190 bits per heavy atom. The van der Waals surface area contributed by atoms with E-state index in [1.165, 1.54) is 0 Å². The van der Waals surface area contributed by atoms with Gasteiger partial charge in [-0.25, -0.2) is 0 Å². The van der Waals surface area contributed by atoms with Crippen molar-refractivity contribution >= 4 is 69.4 Å². The van der Waals surface area contributed by atoms with E-state index >= 15 is 0 Å². The van der Waals surface area contributed by atoms with Gasteiger partial charge in [0.15, 0.2) is 0 Å². The van der Waals surface area contributed by atoms with E-state index < -0.39 is 0 Å². The molecule has 0 saturated heterocycles. The van der Waals surface area contributed by atoms with Crippen LogP contribution in [0.1, 0.15) is 0 Å². The van der Waals surface area contributed by atoms with Crippen LogP contribution in [0, 0.1) is 0 Å². The van der Waals surface area contributed by atoms with Gasteiger partial charge in [-0.2, -0.15) is 0 Å². The molecule has 0 unspecified atom stereocenters. The first-order valence-corrected chi connectivity index (χ1v) is 0. The Bertz CT molecular complexity index is 33.2. The maximum absolute atomic E-state index is 0. The molecule has 0 aliphatic heterocycles. The summed E-state index contributed by atoms with van der Waals surface area (Å²) in [7, 11) is 0.